The molecule has 460 valence electrons. The third-order valence-corrected chi connectivity index (χ3v) is 15.8. The van der Waals surface area contributed by atoms with Crippen molar-refractivity contribution in [1.82, 2.24) is 78.2 Å². The second-order valence-corrected chi connectivity index (χ2v) is 22.0. The fourth-order valence-electron chi connectivity index (χ4n) is 10.7. The Morgan fingerprint density at radius 3 is 1.38 bits per heavy atom. The quantitative estimate of drug-likeness (QED) is 0.116. The van der Waals surface area contributed by atoms with Crippen LogP contribution in [0.4, 0.5) is 28.9 Å². The molecule has 0 aliphatic carbocycles. The molecular formula is C56H56Cl2F4N18O8. The Hall–Kier alpha value is -9.26. The molecule has 10 heterocycles. The highest BCUT2D eigenvalue weighted by Gasteiger charge is 2.39. The summed E-state index contributed by atoms with van der Waals surface area (Å²) in [6, 6.07) is 9.82. The van der Waals surface area contributed by atoms with Crippen molar-refractivity contribution in [2.45, 2.75) is 38.1 Å². The van der Waals surface area contributed by atoms with Crippen molar-refractivity contribution in [2.24, 2.45) is 0 Å². The van der Waals surface area contributed by atoms with Gasteiger partial charge in [0, 0.05) is 111 Å². The van der Waals surface area contributed by atoms with E-state index in [-0.39, 0.29) is 103 Å². The van der Waals surface area contributed by atoms with Crippen molar-refractivity contribution in [3.8, 4) is 34.0 Å². The second-order valence-electron chi connectivity index (χ2n) is 21.1. The minimum absolute atomic E-state index is 0.0562. The van der Waals surface area contributed by atoms with Crippen LogP contribution in [0, 0.1) is 0 Å². The average Bonchev–Trinajstić information content (AvgIpc) is 1.94. The number of nitrogens with zero attached hydrogens (tertiary/aromatic N) is 16. The number of hydrogen-bond donors (Lipinski definition) is 2. The molecule has 2 unspecified atom stereocenters. The maximum absolute atomic E-state index is 13.5. The third kappa shape index (κ3) is 13.2. The molecule has 88 heavy (non-hydrogen) atoms. The number of hydrogen-bond acceptors (Lipinski definition) is 16. The van der Waals surface area contributed by atoms with E-state index in [1.54, 1.807) is 34.3 Å². The maximum Gasteiger partial charge on any atom is 0.387 e. The van der Waals surface area contributed by atoms with Crippen LogP contribution in [0.3, 0.4) is 0 Å². The number of anilines is 2. The van der Waals surface area contributed by atoms with Gasteiger partial charge < -0.3 is 49.5 Å². The van der Waals surface area contributed by atoms with Crippen molar-refractivity contribution in [3.05, 3.63) is 119 Å². The van der Waals surface area contributed by atoms with E-state index in [2.05, 4.69) is 50.8 Å². The van der Waals surface area contributed by atoms with E-state index in [0.29, 0.717) is 63.4 Å². The Bertz CT molecular complexity index is 3690. The summed E-state index contributed by atoms with van der Waals surface area (Å²) < 4.78 is 68.3. The molecule has 2 N–H and O–H groups in total. The first-order valence-corrected chi connectivity index (χ1v) is 28.5. The standard InChI is InChI=1S/2C28H28ClF2N9O4/c2*1-36-9-11-37(12-10-36)23(41)16-38-8-5-21(27(38)43)40-15-20(34-26(42)19-14-33-39-7-2-6-32-25(19)39)24(35-40)18-13-17(29)3-4-22(18)44-28(30)31/h2*2-4,6-7,13-15,21,28H,5,8-12,16H2,1H3,(H,34,42). The highest BCUT2D eigenvalue weighted by molar-refractivity contribution is 6.31. The lowest BCUT2D eigenvalue weighted by Gasteiger charge is -2.33. The lowest BCUT2D eigenvalue weighted by molar-refractivity contribution is -0.140. The number of fused-ring (bicyclic) bond motifs is 2. The van der Waals surface area contributed by atoms with Crippen molar-refractivity contribution in [1.29, 1.82) is 0 Å². The van der Waals surface area contributed by atoms with Crippen molar-refractivity contribution in [3.63, 3.8) is 0 Å². The van der Waals surface area contributed by atoms with Crippen LogP contribution in [0.15, 0.2) is 98.1 Å². The molecule has 2 aromatic carbocycles. The molecule has 8 aromatic rings. The number of likely N-dealkylation sites (tertiary alicyclic amines) is 2. The predicted molar refractivity (Wildman–Crippen MR) is 309 cm³/mol. The molecule has 2 atom stereocenters. The fraction of sp³-hybridized carbons (Fsp3) is 0.357. The van der Waals surface area contributed by atoms with Crippen LogP contribution in [0.25, 0.3) is 33.8 Å². The molecule has 32 heteroatoms. The van der Waals surface area contributed by atoms with Gasteiger partial charge in [-0.05, 0) is 75.5 Å². The zero-order valence-corrected chi connectivity index (χ0v) is 48.6. The summed E-state index contributed by atoms with van der Waals surface area (Å²) in [4.78, 5) is 98.8. The monoisotopic (exact) mass is 1250 g/mol. The van der Waals surface area contributed by atoms with Gasteiger partial charge in [-0.2, -0.15) is 38.0 Å². The number of alkyl halides is 4. The Labute approximate surface area is 508 Å². The van der Waals surface area contributed by atoms with Crippen LogP contribution in [-0.2, 0) is 19.2 Å². The third-order valence-electron chi connectivity index (χ3n) is 15.4. The van der Waals surface area contributed by atoms with Crippen LogP contribution in [0.5, 0.6) is 11.5 Å². The molecule has 0 saturated carbocycles. The molecule has 26 nitrogen and oxygen atoms in total. The van der Waals surface area contributed by atoms with Crippen molar-refractivity contribution >= 4 is 81.3 Å². The van der Waals surface area contributed by atoms with Crippen molar-refractivity contribution < 1.29 is 55.8 Å². The summed E-state index contributed by atoms with van der Waals surface area (Å²) in [5.41, 5.74) is 1.43. The number of ether oxygens (including phenoxy) is 2. The molecule has 6 amide bonds. The summed E-state index contributed by atoms with van der Waals surface area (Å²) in [6.07, 6.45) is 12.6. The average molecular weight is 1260 g/mol. The number of piperazine rings is 2. The van der Waals surface area contributed by atoms with Crippen LogP contribution >= 0.6 is 23.2 Å². The topological polar surface area (TPSA) is 260 Å². The summed E-state index contributed by atoms with van der Waals surface area (Å²) in [5.74, 6) is -2.51. The number of amides is 6. The van der Waals surface area contributed by atoms with E-state index in [9.17, 15) is 46.3 Å². The number of nitrogens with one attached hydrogen (secondary N) is 2. The van der Waals surface area contributed by atoms with E-state index >= 15 is 0 Å². The second kappa shape index (κ2) is 26.0. The van der Waals surface area contributed by atoms with Crippen molar-refractivity contribution in [2.75, 3.05) is 103 Å². The largest absolute Gasteiger partial charge is 0.434 e. The summed E-state index contributed by atoms with van der Waals surface area (Å²) >= 11 is 12.4. The summed E-state index contributed by atoms with van der Waals surface area (Å²) in [6.45, 7) is -0.308. The van der Waals surface area contributed by atoms with Gasteiger partial charge in [0.15, 0.2) is 11.3 Å². The van der Waals surface area contributed by atoms with E-state index in [1.165, 1.54) is 102 Å². The molecule has 6 aromatic heterocycles. The number of aromatic nitrogens is 10. The molecule has 0 spiro atoms. The van der Waals surface area contributed by atoms with Gasteiger partial charge >= 0.3 is 13.2 Å². The number of carbonyl (C=O) groups excluding carboxylic acids is 6. The highest BCUT2D eigenvalue weighted by atomic mass is 35.5. The number of carbonyl (C=O) groups is 6. The Morgan fingerprint density at radius 1 is 0.591 bits per heavy atom. The van der Waals surface area contributed by atoms with E-state index < -0.39 is 37.1 Å². The first-order valence-electron chi connectivity index (χ1n) is 27.7. The number of rotatable bonds is 16. The minimum atomic E-state index is -3.14. The first kappa shape index (κ1) is 60.4. The molecule has 0 bridgehead atoms. The molecule has 0 radical (unpaired) electrons. The zero-order chi connectivity index (χ0) is 61.9. The van der Waals surface area contributed by atoms with Gasteiger partial charge in [0.05, 0.1) is 49.3 Å². The normalized spacial score (nSPS) is 17.6. The van der Waals surface area contributed by atoms with Crippen LogP contribution in [0.2, 0.25) is 10.0 Å². The Kier molecular flexibility index (Phi) is 17.8. The van der Waals surface area contributed by atoms with Crippen LogP contribution in [-0.4, -0.2) is 219 Å². The van der Waals surface area contributed by atoms with Gasteiger partial charge in [0.2, 0.25) is 23.6 Å². The van der Waals surface area contributed by atoms with Gasteiger partial charge in [-0.1, -0.05) is 23.2 Å². The SMILES string of the molecule is CN1CCN(C(=O)CN2CCC(n3cc(NC(=O)c4cnn5cccnc45)c(-c4cc(Cl)ccc4OC(F)F)n3)C2=O)CC1.CN1CCN(C(=O)CN2CCC(n3cc(NC(=O)c4cnn5cccnc45)c(-c4cc(Cl)ccc4OC(F)F)n3)C2=O)CC1. The van der Waals surface area contributed by atoms with Crippen LogP contribution < -0.4 is 20.1 Å². The van der Waals surface area contributed by atoms with Gasteiger partial charge in [-0.3, -0.25) is 38.1 Å². The molecule has 4 saturated heterocycles. The van der Waals surface area contributed by atoms with E-state index in [0.717, 1.165) is 26.2 Å². The Balaban J connectivity index is 0.000000182. The Morgan fingerprint density at radius 2 is 0.989 bits per heavy atom. The molecule has 12 rings (SSSR count). The number of benzene rings is 2. The molecule has 4 aliphatic heterocycles. The lowest BCUT2D eigenvalue weighted by Crippen LogP contribution is -2.50. The smallest absolute Gasteiger partial charge is 0.387 e. The maximum atomic E-state index is 13.5. The minimum Gasteiger partial charge on any atom is -0.434 e. The number of halogens is 6. The van der Waals surface area contributed by atoms with E-state index in [1.807, 2.05) is 14.1 Å². The molecular weight excluding hydrogens is 1200 g/mol. The lowest BCUT2D eigenvalue weighted by atomic mass is 10.1. The van der Waals surface area contributed by atoms with Gasteiger partial charge in [-0.15, -0.1) is 0 Å². The molecule has 4 fully saturated rings. The van der Waals surface area contributed by atoms with Crippen LogP contribution in [0.1, 0.15) is 45.6 Å². The highest BCUT2D eigenvalue weighted by Crippen LogP contribution is 2.41. The summed E-state index contributed by atoms with van der Waals surface area (Å²) in [5, 5.41) is 23.3. The van der Waals surface area contributed by atoms with Gasteiger partial charge in [0.25, 0.3) is 11.8 Å². The summed E-state index contributed by atoms with van der Waals surface area (Å²) in [7, 11) is 3.98. The first-order chi connectivity index (χ1) is 42.3. The van der Waals surface area contributed by atoms with Gasteiger partial charge in [-0.25, -0.2) is 19.0 Å². The zero-order valence-electron chi connectivity index (χ0n) is 47.1. The fourth-order valence-corrected chi connectivity index (χ4v) is 11.0. The molecule has 4 aliphatic rings. The number of likely N-dealkylation sites (N-methyl/N-ethyl adjacent to an activating group) is 2. The van der Waals surface area contributed by atoms with Gasteiger partial charge in [0.1, 0.15) is 46.1 Å². The van der Waals surface area contributed by atoms with E-state index in [4.69, 9.17) is 32.7 Å². The predicted octanol–water partition coefficient (Wildman–Crippen LogP) is 5.29.